The minimum atomic E-state index is -0.834. The molecule has 0 spiro atoms. The summed E-state index contributed by atoms with van der Waals surface area (Å²) in [5.74, 6) is -1.25. The van der Waals surface area contributed by atoms with Gasteiger partial charge in [0.25, 0.3) is 0 Å². The number of carboxylic acid groups (broad SMARTS) is 1. The lowest BCUT2D eigenvalue weighted by Crippen LogP contribution is -2.28. The van der Waals surface area contributed by atoms with Crippen molar-refractivity contribution in [3.05, 3.63) is 12.7 Å². The number of ether oxygens (including phenoxy) is 1. The van der Waals surface area contributed by atoms with E-state index in [1.807, 2.05) is 0 Å². The third-order valence-electron chi connectivity index (χ3n) is 1.94. The van der Waals surface area contributed by atoms with Crippen LogP contribution in [-0.4, -0.2) is 30.3 Å². The van der Waals surface area contributed by atoms with Gasteiger partial charge in [-0.1, -0.05) is 19.6 Å². The summed E-state index contributed by atoms with van der Waals surface area (Å²) >= 11 is 0. The zero-order valence-electron chi connectivity index (χ0n) is 8.86. The molecule has 0 aliphatic rings. The van der Waals surface area contributed by atoms with Crippen molar-refractivity contribution in [3.63, 3.8) is 0 Å². The highest BCUT2D eigenvalue weighted by atomic mass is 16.5. The van der Waals surface area contributed by atoms with Crippen LogP contribution in [0.15, 0.2) is 12.7 Å². The molecule has 0 saturated heterocycles. The second-order valence-electron chi connectivity index (χ2n) is 3.05. The average molecular weight is 215 g/mol. The van der Waals surface area contributed by atoms with Gasteiger partial charge in [-0.3, -0.25) is 4.79 Å². The Bertz CT molecular complexity index is 227. The molecule has 0 fully saturated rings. The Morgan fingerprint density at radius 1 is 1.60 bits per heavy atom. The van der Waals surface area contributed by atoms with Crippen molar-refractivity contribution in [2.75, 3.05) is 13.2 Å². The third-order valence-corrected chi connectivity index (χ3v) is 1.94. The second-order valence-corrected chi connectivity index (χ2v) is 3.05. The van der Waals surface area contributed by atoms with Crippen LogP contribution in [0.1, 0.15) is 19.8 Å². The van der Waals surface area contributed by atoms with Crippen LogP contribution in [0, 0.1) is 5.92 Å². The number of aliphatic carboxylic acids is 1. The average Bonchev–Trinajstić information content (AvgIpc) is 2.20. The predicted molar refractivity (Wildman–Crippen MR) is 55.6 cm³/mol. The molecule has 0 saturated carbocycles. The maximum absolute atomic E-state index is 10.9. The lowest BCUT2D eigenvalue weighted by molar-refractivity contribution is -0.142. The Hall–Kier alpha value is -1.52. The summed E-state index contributed by atoms with van der Waals surface area (Å²) in [6.07, 6.45) is 1.88. The number of carbonyl (C=O) groups excluding carboxylic acids is 1. The number of hydrogen-bond acceptors (Lipinski definition) is 3. The minimum absolute atomic E-state index is 0.155. The van der Waals surface area contributed by atoms with Gasteiger partial charge < -0.3 is 15.2 Å². The number of hydrogen-bond donors (Lipinski definition) is 2. The number of carboxylic acids is 1. The summed E-state index contributed by atoms with van der Waals surface area (Å²) < 4.78 is 4.65. The molecule has 5 nitrogen and oxygen atoms in total. The molecule has 0 aromatic heterocycles. The van der Waals surface area contributed by atoms with E-state index in [2.05, 4.69) is 16.6 Å². The molecule has 0 bridgehead atoms. The molecule has 0 aromatic carbocycles. The van der Waals surface area contributed by atoms with E-state index < -0.39 is 18.0 Å². The monoisotopic (exact) mass is 215 g/mol. The maximum atomic E-state index is 10.9. The molecule has 1 unspecified atom stereocenters. The highest BCUT2D eigenvalue weighted by Gasteiger charge is 2.14. The number of amides is 1. The van der Waals surface area contributed by atoms with Crippen LogP contribution in [0.4, 0.5) is 4.79 Å². The molecule has 0 heterocycles. The SMILES string of the molecule is C=CCOC(=O)NCCC(CC)C(=O)O. The standard InChI is InChI=1S/C10H17NO4/c1-3-7-15-10(14)11-6-5-8(4-2)9(12)13/h3,8H,1,4-7H2,2H3,(H,11,14)(H,12,13). The van der Waals surface area contributed by atoms with Crippen molar-refractivity contribution in [1.29, 1.82) is 0 Å². The van der Waals surface area contributed by atoms with Crippen molar-refractivity contribution >= 4 is 12.1 Å². The van der Waals surface area contributed by atoms with E-state index in [0.717, 1.165) is 0 Å². The molecule has 0 rings (SSSR count). The number of carbonyl (C=O) groups is 2. The van der Waals surface area contributed by atoms with Gasteiger partial charge in [0.2, 0.25) is 0 Å². The molecule has 1 atom stereocenters. The van der Waals surface area contributed by atoms with Crippen LogP contribution in [0.3, 0.4) is 0 Å². The molecular weight excluding hydrogens is 198 g/mol. The highest BCUT2D eigenvalue weighted by Crippen LogP contribution is 2.06. The van der Waals surface area contributed by atoms with Crippen molar-refractivity contribution in [2.24, 2.45) is 5.92 Å². The van der Waals surface area contributed by atoms with Gasteiger partial charge in [0.15, 0.2) is 0 Å². The fourth-order valence-corrected chi connectivity index (χ4v) is 1.04. The van der Waals surface area contributed by atoms with E-state index in [9.17, 15) is 9.59 Å². The molecule has 0 aromatic rings. The van der Waals surface area contributed by atoms with Gasteiger partial charge in [-0.2, -0.15) is 0 Å². The van der Waals surface area contributed by atoms with Crippen molar-refractivity contribution < 1.29 is 19.4 Å². The molecule has 0 aliphatic carbocycles. The fraction of sp³-hybridized carbons (Fsp3) is 0.600. The summed E-state index contributed by atoms with van der Waals surface area (Å²) in [5.41, 5.74) is 0. The molecule has 0 aliphatic heterocycles. The van der Waals surface area contributed by atoms with E-state index in [-0.39, 0.29) is 6.61 Å². The molecule has 1 amide bonds. The number of alkyl carbamates (subject to hydrolysis) is 1. The van der Waals surface area contributed by atoms with Gasteiger partial charge in [0, 0.05) is 6.54 Å². The summed E-state index contributed by atoms with van der Waals surface area (Å²) in [5, 5.41) is 11.2. The third kappa shape index (κ3) is 6.54. The first-order valence-electron chi connectivity index (χ1n) is 4.86. The zero-order valence-corrected chi connectivity index (χ0v) is 8.86. The molecule has 0 radical (unpaired) electrons. The largest absolute Gasteiger partial charge is 0.481 e. The maximum Gasteiger partial charge on any atom is 0.407 e. The molecule has 2 N–H and O–H groups in total. The van der Waals surface area contributed by atoms with Crippen LogP contribution in [0.5, 0.6) is 0 Å². The first kappa shape index (κ1) is 13.5. The van der Waals surface area contributed by atoms with E-state index in [1.165, 1.54) is 6.08 Å². The summed E-state index contributed by atoms with van der Waals surface area (Å²) in [7, 11) is 0. The lowest BCUT2D eigenvalue weighted by atomic mass is 10.0. The highest BCUT2D eigenvalue weighted by molar-refractivity contribution is 5.70. The van der Waals surface area contributed by atoms with Crippen molar-refractivity contribution in [1.82, 2.24) is 5.32 Å². The Kier molecular flexibility index (Phi) is 7.05. The first-order valence-corrected chi connectivity index (χ1v) is 4.86. The summed E-state index contributed by atoms with van der Waals surface area (Å²) in [6, 6.07) is 0. The van der Waals surface area contributed by atoms with E-state index in [4.69, 9.17) is 5.11 Å². The van der Waals surface area contributed by atoms with Crippen LogP contribution >= 0.6 is 0 Å². The van der Waals surface area contributed by atoms with E-state index in [0.29, 0.717) is 19.4 Å². The minimum Gasteiger partial charge on any atom is -0.481 e. The van der Waals surface area contributed by atoms with Gasteiger partial charge >= 0.3 is 12.1 Å². The predicted octanol–water partition coefficient (Wildman–Crippen LogP) is 1.40. The normalized spacial score (nSPS) is 11.5. The van der Waals surface area contributed by atoms with Crippen LogP contribution in [0.2, 0.25) is 0 Å². The Morgan fingerprint density at radius 3 is 2.73 bits per heavy atom. The molecule has 15 heavy (non-hydrogen) atoms. The van der Waals surface area contributed by atoms with Gasteiger partial charge in [0.1, 0.15) is 6.61 Å². The fourth-order valence-electron chi connectivity index (χ4n) is 1.04. The van der Waals surface area contributed by atoms with Crippen LogP contribution < -0.4 is 5.32 Å². The number of nitrogens with one attached hydrogen (secondary N) is 1. The van der Waals surface area contributed by atoms with Crippen molar-refractivity contribution in [2.45, 2.75) is 19.8 Å². The number of rotatable bonds is 7. The molecular formula is C10H17NO4. The van der Waals surface area contributed by atoms with Gasteiger partial charge in [-0.05, 0) is 12.8 Å². The Morgan fingerprint density at radius 2 is 2.27 bits per heavy atom. The van der Waals surface area contributed by atoms with E-state index >= 15 is 0 Å². The summed E-state index contributed by atoms with van der Waals surface area (Å²) in [6.45, 7) is 5.66. The molecule has 5 heteroatoms. The second kappa shape index (κ2) is 7.84. The van der Waals surface area contributed by atoms with Crippen LogP contribution in [-0.2, 0) is 9.53 Å². The zero-order chi connectivity index (χ0) is 11.7. The quantitative estimate of drug-likeness (QED) is 0.629. The summed E-state index contributed by atoms with van der Waals surface area (Å²) in [4.78, 5) is 21.5. The van der Waals surface area contributed by atoms with Crippen molar-refractivity contribution in [3.8, 4) is 0 Å². The van der Waals surface area contributed by atoms with Gasteiger partial charge in [-0.15, -0.1) is 0 Å². The van der Waals surface area contributed by atoms with Gasteiger partial charge in [-0.25, -0.2) is 4.79 Å². The topological polar surface area (TPSA) is 75.6 Å². The van der Waals surface area contributed by atoms with Crippen LogP contribution in [0.25, 0.3) is 0 Å². The Balaban J connectivity index is 3.63. The lowest BCUT2D eigenvalue weighted by Gasteiger charge is -2.10. The smallest absolute Gasteiger partial charge is 0.407 e. The first-order chi connectivity index (χ1) is 7.11. The van der Waals surface area contributed by atoms with E-state index in [1.54, 1.807) is 6.92 Å². The molecule has 86 valence electrons. The van der Waals surface area contributed by atoms with Gasteiger partial charge in [0.05, 0.1) is 5.92 Å². The Labute approximate surface area is 89.1 Å².